The van der Waals surface area contributed by atoms with Gasteiger partial charge in [-0.2, -0.15) is 0 Å². The second-order valence-corrected chi connectivity index (χ2v) is 4.15. The molecule has 0 atom stereocenters. The van der Waals surface area contributed by atoms with Crippen molar-refractivity contribution in [3.8, 4) is 0 Å². The molecule has 0 N–H and O–H groups in total. The minimum Gasteiger partial charge on any atom is -0.383 e. The van der Waals surface area contributed by atoms with Crippen molar-refractivity contribution in [2.75, 3.05) is 26.1 Å². The van der Waals surface area contributed by atoms with Gasteiger partial charge in [0.2, 0.25) is 5.91 Å². The molecule has 0 aromatic carbocycles. The number of thiazole rings is 1. The summed E-state index contributed by atoms with van der Waals surface area (Å²) < 4.78 is 4.94. The average molecular weight is 249 g/mol. The van der Waals surface area contributed by atoms with Crippen LogP contribution in [0.4, 0.5) is 0 Å². The third kappa shape index (κ3) is 4.15. The Labute approximate surface area is 97.8 Å². The highest BCUT2D eigenvalue weighted by Gasteiger charge is 2.12. The van der Waals surface area contributed by atoms with Crippen molar-refractivity contribution in [1.82, 2.24) is 9.88 Å². The number of carbonyl (C=O) groups excluding carboxylic acids is 1. The van der Waals surface area contributed by atoms with Crippen LogP contribution in [0.25, 0.3) is 0 Å². The molecule has 1 rings (SSSR count). The van der Waals surface area contributed by atoms with Crippen LogP contribution < -0.4 is 0 Å². The molecule has 1 amide bonds. The molecule has 0 saturated heterocycles. The number of hydrogen-bond donors (Lipinski definition) is 0. The number of rotatable bonds is 6. The summed E-state index contributed by atoms with van der Waals surface area (Å²) in [5.74, 6) is -0.0789. The molecule has 15 heavy (non-hydrogen) atoms. The Morgan fingerprint density at radius 2 is 2.53 bits per heavy atom. The molecule has 0 unspecified atom stereocenters. The molecule has 1 aromatic heterocycles. The first-order valence-electron chi connectivity index (χ1n) is 4.48. The van der Waals surface area contributed by atoms with Gasteiger partial charge in [0.1, 0.15) is 5.88 Å². The Kier molecular flexibility index (Phi) is 5.60. The molecule has 0 aliphatic heterocycles. The summed E-state index contributed by atoms with van der Waals surface area (Å²) in [6.45, 7) is 1.63. The standard InChI is InChI=1S/C9H13ClN2O2S/c1-14-3-2-12(9(13)4-10)6-8-5-11-7-15-8/h5,7H,2-4,6H2,1H3. The largest absolute Gasteiger partial charge is 0.383 e. The predicted molar refractivity (Wildman–Crippen MR) is 60.1 cm³/mol. The molecule has 1 aromatic rings. The number of carbonyl (C=O) groups is 1. The van der Waals surface area contributed by atoms with Crippen molar-refractivity contribution in [3.05, 3.63) is 16.6 Å². The van der Waals surface area contributed by atoms with Crippen molar-refractivity contribution in [2.45, 2.75) is 6.54 Å². The Bertz CT molecular complexity index is 292. The number of hydrogen-bond acceptors (Lipinski definition) is 4. The van der Waals surface area contributed by atoms with Crippen molar-refractivity contribution in [2.24, 2.45) is 0 Å². The fourth-order valence-electron chi connectivity index (χ4n) is 1.09. The molecule has 0 saturated carbocycles. The third-order valence-corrected chi connectivity index (χ3v) is 2.86. The number of methoxy groups -OCH3 is 1. The summed E-state index contributed by atoms with van der Waals surface area (Å²) in [6.07, 6.45) is 1.76. The summed E-state index contributed by atoms with van der Waals surface area (Å²) in [7, 11) is 1.61. The topological polar surface area (TPSA) is 42.4 Å². The average Bonchev–Trinajstić information content (AvgIpc) is 2.75. The van der Waals surface area contributed by atoms with Gasteiger partial charge in [-0.1, -0.05) is 0 Å². The van der Waals surface area contributed by atoms with Crippen LogP contribution >= 0.6 is 22.9 Å². The number of amides is 1. The summed E-state index contributed by atoms with van der Waals surface area (Å²) in [5, 5.41) is 0. The lowest BCUT2D eigenvalue weighted by Gasteiger charge is -2.20. The van der Waals surface area contributed by atoms with Gasteiger partial charge >= 0.3 is 0 Å². The molecule has 0 aliphatic rings. The van der Waals surface area contributed by atoms with Crippen LogP contribution in [-0.4, -0.2) is 41.9 Å². The van der Waals surface area contributed by atoms with Crippen molar-refractivity contribution in [3.63, 3.8) is 0 Å². The predicted octanol–water partition coefficient (Wildman–Crippen LogP) is 1.36. The number of ether oxygens (including phenoxy) is 1. The highest BCUT2D eigenvalue weighted by atomic mass is 35.5. The number of alkyl halides is 1. The van der Waals surface area contributed by atoms with Gasteiger partial charge in [-0.15, -0.1) is 22.9 Å². The van der Waals surface area contributed by atoms with E-state index in [9.17, 15) is 4.79 Å². The molecule has 0 aliphatic carbocycles. The Morgan fingerprint density at radius 3 is 3.07 bits per heavy atom. The SMILES string of the molecule is COCCN(Cc1cncs1)C(=O)CCl. The molecule has 84 valence electrons. The van der Waals surface area contributed by atoms with E-state index >= 15 is 0 Å². The van der Waals surface area contributed by atoms with Crippen LogP contribution in [0, 0.1) is 0 Å². The van der Waals surface area contributed by atoms with E-state index < -0.39 is 0 Å². The van der Waals surface area contributed by atoms with E-state index in [1.807, 2.05) is 0 Å². The fraction of sp³-hybridized carbons (Fsp3) is 0.556. The minimum absolute atomic E-state index is 0.00250. The van der Waals surface area contributed by atoms with E-state index in [-0.39, 0.29) is 11.8 Å². The van der Waals surface area contributed by atoms with E-state index in [0.29, 0.717) is 19.7 Å². The van der Waals surface area contributed by atoms with Crippen LogP contribution in [0.2, 0.25) is 0 Å². The summed E-state index contributed by atoms with van der Waals surface area (Å²) in [5.41, 5.74) is 1.75. The zero-order valence-corrected chi connectivity index (χ0v) is 10.1. The van der Waals surface area contributed by atoms with Crippen LogP contribution in [0.1, 0.15) is 4.88 Å². The van der Waals surface area contributed by atoms with Crippen molar-refractivity contribution < 1.29 is 9.53 Å². The molecule has 4 nitrogen and oxygen atoms in total. The van der Waals surface area contributed by atoms with Gasteiger partial charge in [-0.3, -0.25) is 9.78 Å². The molecule has 0 bridgehead atoms. The van der Waals surface area contributed by atoms with Crippen LogP contribution in [0.15, 0.2) is 11.7 Å². The van der Waals surface area contributed by atoms with Crippen molar-refractivity contribution in [1.29, 1.82) is 0 Å². The monoisotopic (exact) mass is 248 g/mol. The van der Waals surface area contributed by atoms with E-state index in [1.54, 1.807) is 23.7 Å². The maximum Gasteiger partial charge on any atom is 0.237 e. The molecular weight excluding hydrogens is 236 g/mol. The maximum absolute atomic E-state index is 11.5. The summed E-state index contributed by atoms with van der Waals surface area (Å²) in [4.78, 5) is 18.1. The lowest BCUT2D eigenvalue weighted by Crippen LogP contribution is -2.34. The van der Waals surface area contributed by atoms with Crippen molar-refractivity contribution >= 4 is 28.8 Å². The van der Waals surface area contributed by atoms with Crippen LogP contribution in [0.5, 0.6) is 0 Å². The summed E-state index contributed by atoms with van der Waals surface area (Å²) in [6, 6.07) is 0. The first-order valence-corrected chi connectivity index (χ1v) is 5.89. The van der Waals surface area contributed by atoms with Gasteiger partial charge in [0.05, 0.1) is 18.7 Å². The summed E-state index contributed by atoms with van der Waals surface area (Å²) >= 11 is 7.05. The first-order chi connectivity index (χ1) is 7.27. The van der Waals surface area contributed by atoms with Gasteiger partial charge < -0.3 is 9.64 Å². The van der Waals surface area contributed by atoms with Crippen LogP contribution in [-0.2, 0) is 16.1 Å². The smallest absolute Gasteiger partial charge is 0.237 e. The molecule has 0 fully saturated rings. The highest BCUT2D eigenvalue weighted by Crippen LogP contribution is 2.09. The zero-order valence-electron chi connectivity index (χ0n) is 8.48. The van der Waals surface area contributed by atoms with Crippen LogP contribution in [0.3, 0.4) is 0 Å². The number of aromatic nitrogens is 1. The van der Waals surface area contributed by atoms with E-state index in [4.69, 9.17) is 16.3 Å². The lowest BCUT2D eigenvalue weighted by molar-refractivity contribution is -0.129. The van der Waals surface area contributed by atoms with E-state index in [2.05, 4.69) is 4.98 Å². The molecule has 0 radical (unpaired) electrons. The number of halogens is 1. The Hall–Kier alpha value is -0.650. The maximum atomic E-state index is 11.5. The van der Waals surface area contributed by atoms with Gasteiger partial charge in [0.25, 0.3) is 0 Å². The second kappa shape index (κ2) is 6.76. The number of nitrogens with zero attached hydrogens (tertiary/aromatic N) is 2. The normalized spacial score (nSPS) is 10.3. The van der Waals surface area contributed by atoms with E-state index in [0.717, 1.165) is 4.88 Å². The van der Waals surface area contributed by atoms with Gasteiger partial charge in [-0.05, 0) is 0 Å². The van der Waals surface area contributed by atoms with E-state index in [1.165, 1.54) is 11.3 Å². The highest BCUT2D eigenvalue weighted by molar-refractivity contribution is 7.09. The van der Waals surface area contributed by atoms with Gasteiger partial charge in [0.15, 0.2) is 0 Å². The second-order valence-electron chi connectivity index (χ2n) is 2.91. The molecule has 1 heterocycles. The first kappa shape index (κ1) is 12.4. The molecule has 6 heteroatoms. The lowest BCUT2D eigenvalue weighted by atomic mass is 10.4. The van der Waals surface area contributed by atoms with Gasteiger partial charge in [-0.25, -0.2) is 0 Å². The quantitative estimate of drug-likeness (QED) is 0.714. The fourth-order valence-corrected chi connectivity index (χ4v) is 1.86. The molecule has 0 spiro atoms. The third-order valence-electron chi connectivity index (χ3n) is 1.86. The zero-order chi connectivity index (χ0) is 11.1. The Morgan fingerprint density at radius 1 is 1.73 bits per heavy atom. The molecular formula is C9H13ClN2O2S. The Balaban J connectivity index is 2.52. The minimum atomic E-state index is -0.0814. The van der Waals surface area contributed by atoms with Gasteiger partial charge in [0, 0.05) is 24.7 Å².